The van der Waals surface area contributed by atoms with Crippen LogP contribution < -0.4 is 4.74 Å². The number of hydrogen-bond donors (Lipinski definition) is 3. The van der Waals surface area contributed by atoms with Crippen molar-refractivity contribution in [2.75, 3.05) is 13.2 Å². The van der Waals surface area contributed by atoms with E-state index in [1.54, 1.807) is 0 Å². The van der Waals surface area contributed by atoms with Gasteiger partial charge < -0.3 is 29.5 Å². The summed E-state index contributed by atoms with van der Waals surface area (Å²) in [6.07, 6.45) is 5.66. The third-order valence-electron chi connectivity index (χ3n) is 9.38. The van der Waals surface area contributed by atoms with E-state index in [-0.39, 0.29) is 30.3 Å². The van der Waals surface area contributed by atoms with Crippen LogP contribution in [0.5, 0.6) is 5.75 Å². The summed E-state index contributed by atoms with van der Waals surface area (Å²) in [5, 5.41) is 30.9. The standard InChI is InChI=1S/C15H24O4.C12H8O2/c1-8-4-5-15(7-16)10(6-8)19-12-9(2)14(15,3)13(18)11(12)17;1-2-4-10-8(3-1)9-5-6-11(14-10)12(9)7-13-12/h6,9-13,16-18H,4-5,7H2,1-3H3;1-6H,7H2/t9-,10-,11?,12+,13?,14-,15-;/m1./s1. The van der Waals surface area contributed by atoms with Gasteiger partial charge >= 0.3 is 0 Å². The highest BCUT2D eigenvalue weighted by Gasteiger charge is 2.71. The lowest BCUT2D eigenvalue weighted by atomic mass is 9.52. The van der Waals surface area contributed by atoms with Crippen molar-refractivity contribution in [3.63, 3.8) is 0 Å². The number of aliphatic hydroxyl groups excluding tert-OH is 3. The molecule has 1 aromatic rings. The fourth-order valence-corrected chi connectivity index (χ4v) is 6.96. The van der Waals surface area contributed by atoms with Gasteiger partial charge in [-0.2, -0.15) is 0 Å². The van der Waals surface area contributed by atoms with Crippen LogP contribution in [0.3, 0.4) is 0 Å². The highest BCUT2D eigenvalue weighted by atomic mass is 16.6. The third-order valence-corrected chi connectivity index (χ3v) is 9.38. The van der Waals surface area contributed by atoms with Gasteiger partial charge in [0.2, 0.25) is 0 Å². The van der Waals surface area contributed by atoms with Crippen molar-refractivity contribution < 1.29 is 29.5 Å². The van der Waals surface area contributed by atoms with E-state index in [9.17, 15) is 15.3 Å². The van der Waals surface area contributed by atoms with Crippen LogP contribution in [0.1, 0.15) is 39.2 Å². The Kier molecular flexibility index (Phi) is 4.59. The average Bonchev–Trinajstić information content (AvgIpc) is 3.54. The van der Waals surface area contributed by atoms with Gasteiger partial charge in [-0.3, -0.25) is 0 Å². The molecule has 176 valence electrons. The van der Waals surface area contributed by atoms with Crippen LogP contribution in [0.4, 0.5) is 0 Å². The molecule has 3 aliphatic carbocycles. The minimum absolute atomic E-state index is 0.0151. The second-order valence-corrected chi connectivity index (χ2v) is 10.7. The molecule has 6 nitrogen and oxygen atoms in total. The second kappa shape index (κ2) is 7.03. The molecule has 6 aliphatic rings. The molecular weight excluding hydrogens is 420 g/mol. The van der Waals surface area contributed by atoms with Crippen LogP contribution in [-0.2, 0) is 9.47 Å². The molecule has 0 aromatic heterocycles. The lowest BCUT2D eigenvalue weighted by molar-refractivity contribution is -0.215. The monoisotopic (exact) mass is 452 g/mol. The van der Waals surface area contributed by atoms with Crippen LogP contribution in [0.25, 0.3) is 5.57 Å². The summed E-state index contributed by atoms with van der Waals surface area (Å²) in [6.45, 7) is 6.84. The molecule has 8 atom stereocenters. The van der Waals surface area contributed by atoms with Crippen LogP contribution >= 0.6 is 0 Å². The Balaban J connectivity index is 0.000000130. The minimum Gasteiger partial charge on any atom is -0.458 e. The quantitative estimate of drug-likeness (QED) is 0.448. The van der Waals surface area contributed by atoms with E-state index in [0.717, 1.165) is 31.0 Å². The van der Waals surface area contributed by atoms with Crippen LogP contribution in [0.2, 0.25) is 0 Å². The van der Waals surface area contributed by atoms with E-state index in [0.29, 0.717) is 0 Å². The van der Waals surface area contributed by atoms with Gasteiger partial charge in [0.15, 0.2) is 5.60 Å². The molecule has 33 heavy (non-hydrogen) atoms. The number of para-hydroxylation sites is 1. The largest absolute Gasteiger partial charge is 0.458 e. The summed E-state index contributed by atoms with van der Waals surface area (Å²) >= 11 is 0. The Labute approximate surface area is 194 Å². The number of allylic oxidation sites excluding steroid dienone is 3. The summed E-state index contributed by atoms with van der Waals surface area (Å²) in [5.41, 5.74) is 2.49. The maximum atomic E-state index is 10.5. The third kappa shape index (κ3) is 2.61. The Morgan fingerprint density at radius 1 is 1.15 bits per heavy atom. The van der Waals surface area contributed by atoms with Crippen LogP contribution in [0, 0.1) is 16.7 Å². The van der Waals surface area contributed by atoms with E-state index in [2.05, 4.69) is 25.1 Å². The molecule has 3 fully saturated rings. The molecule has 6 heteroatoms. The molecule has 3 heterocycles. The molecule has 3 unspecified atom stereocenters. The molecule has 1 saturated carbocycles. The Hall–Kier alpha value is -1.96. The fraction of sp³-hybridized carbons (Fsp3) is 0.556. The average molecular weight is 453 g/mol. The number of hydrogen-bond acceptors (Lipinski definition) is 6. The normalized spacial score (nSPS) is 45.6. The fourth-order valence-electron chi connectivity index (χ4n) is 6.96. The van der Waals surface area contributed by atoms with Crippen molar-refractivity contribution in [3.8, 4) is 5.75 Å². The van der Waals surface area contributed by atoms with Gasteiger partial charge in [0.1, 0.15) is 17.6 Å². The SMILES string of the molecule is C1=C2Oc3ccccc3C(=C1)C21CO1.CC1=C[C@H]2O[C@@H]3C(O)C(O)[C@@](C)([C@@H]3C)[C@@]2(CO)CC1. The van der Waals surface area contributed by atoms with Gasteiger partial charge in [-0.25, -0.2) is 0 Å². The number of aliphatic hydroxyl groups is 3. The molecule has 1 aromatic carbocycles. The molecule has 0 amide bonds. The summed E-state index contributed by atoms with van der Waals surface area (Å²) < 4.78 is 17.4. The topological polar surface area (TPSA) is 91.7 Å². The summed E-state index contributed by atoms with van der Waals surface area (Å²) in [6, 6.07) is 8.10. The van der Waals surface area contributed by atoms with Gasteiger partial charge in [0.25, 0.3) is 0 Å². The smallest absolute Gasteiger partial charge is 0.174 e. The van der Waals surface area contributed by atoms with Crippen molar-refractivity contribution in [3.05, 3.63) is 59.4 Å². The molecule has 0 radical (unpaired) electrons. The Morgan fingerprint density at radius 3 is 2.64 bits per heavy atom. The second-order valence-electron chi connectivity index (χ2n) is 10.7. The van der Waals surface area contributed by atoms with Crippen molar-refractivity contribution in [2.45, 2.75) is 63.6 Å². The molecule has 4 bridgehead atoms. The van der Waals surface area contributed by atoms with E-state index < -0.39 is 23.0 Å². The van der Waals surface area contributed by atoms with Crippen molar-refractivity contribution in [1.29, 1.82) is 0 Å². The number of rotatable bonds is 1. The van der Waals surface area contributed by atoms with E-state index in [1.165, 1.54) is 16.7 Å². The maximum Gasteiger partial charge on any atom is 0.174 e. The zero-order valence-electron chi connectivity index (χ0n) is 19.3. The molecule has 3 N–H and O–H groups in total. The molecule has 2 saturated heterocycles. The zero-order valence-corrected chi connectivity index (χ0v) is 19.3. The number of ether oxygens (including phenoxy) is 3. The van der Waals surface area contributed by atoms with Crippen molar-refractivity contribution >= 4 is 5.57 Å². The number of benzene rings is 1. The molecule has 1 spiro atoms. The minimum atomic E-state index is -0.859. The van der Waals surface area contributed by atoms with Crippen molar-refractivity contribution in [1.82, 2.24) is 0 Å². The first-order valence-electron chi connectivity index (χ1n) is 11.9. The summed E-state index contributed by atoms with van der Waals surface area (Å²) in [4.78, 5) is 0. The van der Waals surface area contributed by atoms with Gasteiger partial charge in [0, 0.05) is 22.0 Å². The van der Waals surface area contributed by atoms with Crippen LogP contribution in [-0.4, -0.2) is 58.6 Å². The highest BCUT2D eigenvalue weighted by molar-refractivity contribution is 5.87. The maximum absolute atomic E-state index is 10.5. The van der Waals surface area contributed by atoms with Gasteiger partial charge in [-0.05, 0) is 37.8 Å². The zero-order chi connectivity index (χ0) is 23.2. The first-order chi connectivity index (χ1) is 15.8. The predicted octanol–water partition coefficient (Wildman–Crippen LogP) is 2.98. The van der Waals surface area contributed by atoms with Crippen LogP contribution in [0.15, 0.2) is 53.8 Å². The first kappa shape index (κ1) is 21.6. The van der Waals surface area contributed by atoms with E-state index in [1.807, 2.05) is 38.1 Å². The van der Waals surface area contributed by atoms with E-state index >= 15 is 0 Å². The first-order valence-corrected chi connectivity index (χ1v) is 11.9. The number of epoxide rings is 1. The summed E-state index contributed by atoms with van der Waals surface area (Å²) in [7, 11) is 0. The van der Waals surface area contributed by atoms with E-state index in [4.69, 9.17) is 14.2 Å². The predicted molar refractivity (Wildman–Crippen MR) is 122 cm³/mol. The van der Waals surface area contributed by atoms with Gasteiger partial charge in [-0.15, -0.1) is 0 Å². The Morgan fingerprint density at radius 2 is 1.91 bits per heavy atom. The van der Waals surface area contributed by atoms with Gasteiger partial charge in [-0.1, -0.05) is 49.8 Å². The molecule has 7 rings (SSSR count). The highest BCUT2D eigenvalue weighted by Crippen LogP contribution is 2.64. The lowest BCUT2D eigenvalue weighted by Gasteiger charge is -2.58. The molecule has 3 aliphatic heterocycles. The lowest BCUT2D eigenvalue weighted by Crippen LogP contribution is -2.61. The summed E-state index contributed by atoms with van der Waals surface area (Å²) in [5.74, 6) is 1.93. The van der Waals surface area contributed by atoms with Gasteiger partial charge in [0.05, 0.1) is 31.5 Å². The number of fused-ring (bicyclic) bond motifs is 6. The Bertz CT molecular complexity index is 1080. The molecular formula is C27H32O6. The van der Waals surface area contributed by atoms with Crippen molar-refractivity contribution in [2.24, 2.45) is 16.7 Å².